The van der Waals surface area contributed by atoms with Gasteiger partial charge in [-0.05, 0) is 56.0 Å². The molecule has 3 aromatic carbocycles. The topological polar surface area (TPSA) is 86.8 Å². The van der Waals surface area contributed by atoms with Gasteiger partial charge in [0, 0.05) is 13.1 Å². The van der Waals surface area contributed by atoms with Crippen LogP contribution in [0.4, 0.5) is 5.69 Å². The number of aryl methyl sites for hydroxylation is 1. The van der Waals surface area contributed by atoms with Gasteiger partial charge in [-0.25, -0.2) is 8.42 Å². The zero-order valence-corrected chi connectivity index (χ0v) is 23.9. The van der Waals surface area contributed by atoms with E-state index in [1.54, 1.807) is 54.6 Å². The van der Waals surface area contributed by atoms with Crippen LogP contribution < -0.4 is 9.62 Å². The summed E-state index contributed by atoms with van der Waals surface area (Å²) in [7, 11) is -4.05. The fourth-order valence-corrected chi connectivity index (χ4v) is 5.78. The molecule has 0 spiro atoms. The van der Waals surface area contributed by atoms with Crippen molar-refractivity contribution in [2.45, 2.75) is 57.4 Å². The van der Waals surface area contributed by atoms with E-state index in [-0.39, 0.29) is 17.3 Å². The van der Waals surface area contributed by atoms with Gasteiger partial charge in [-0.2, -0.15) is 0 Å². The van der Waals surface area contributed by atoms with Crippen molar-refractivity contribution >= 4 is 27.5 Å². The van der Waals surface area contributed by atoms with Gasteiger partial charge in [-0.1, -0.05) is 86.5 Å². The number of hydrogen-bond donors (Lipinski definition) is 1. The maximum Gasteiger partial charge on any atom is 0.264 e. The van der Waals surface area contributed by atoms with Crippen LogP contribution in [-0.4, -0.2) is 50.8 Å². The van der Waals surface area contributed by atoms with E-state index in [0.29, 0.717) is 25.1 Å². The minimum Gasteiger partial charge on any atom is -0.354 e. The first kappa shape index (κ1) is 29.9. The molecule has 0 radical (unpaired) electrons. The highest BCUT2D eigenvalue weighted by molar-refractivity contribution is 7.92. The fourth-order valence-electron chi connectivity index (χ4n) is 4.36. The predicted molar refractivity (Wildman–Crippen MR) is 156 cm³/mol. The molecule has 7 nitrogen and oxygen atoms in total. The van der Waals surface area contributed by atoms with Crippen LogP contribution in [0.2, 0.25) is 0 Å². The highest BCUT2D eigenvalue weighted by Gasteiger charge is 2.33. The molecule has 39 heavy (non-hydrogen) atoms. The molecule has 8 heteroatoms. The molecule has 1 atom stereocenters. The number of hydrogen-bond acceptors (Lipinski definition) is 4. The molecule has 0 aliphatic heterocycles. The molecule has 1 N–H and O–H groups in total. The van der Waals surface area contributed by atoms with Gasteiger partial charge in [-0.15, -0.1) is 0 Å². The fraction of sp³-hybridized carbons (Fsp3) is 0.355. The maximum absolute atomic E-state index is 14.0. The van der Waals surface area contributed by atoms with Crippen molar-refractivity contribution in [2.24, 2.45) is 0 Å². The molecule has 0 aliphatic carbocycles. The summed E-state index contributed by atoms with van der Waals surface area (Å²) in [6.07, 6.45) is 2.74. The quantitative estimate of drug-likeness (QED) is 0.288. The number of amides is 2. The van der Waals surface area contributed by atoms with Gasteiger partial charge in [0.15, 0.2) is 0 Å². The molecule has 0 bridgehead atoms. The van der Waals surface area contributed by atoms with Gasteiger partial charge in [-0.3, -0.25) is 13.9 Å². The number of nitrogens with zero attached hydrogens (tertiary/aromatic N) is 2. The molecule has 0 saturated carbocycles. The Balaban J connectivity index is 1.95. The van der Waals surface area contributed by atoms with Crippen LogP contribution in [0.5, 0.6) is 0 Å². The largest absolute Gasteiger partial charge is 0.354 e. The Morgan fingerprint density at radius 1 is 0.872 bits per heavy atom. The van der Waals surface area contributed by atoms with Crippen molar-refractivity contribution in [1.29, 1.82) is 0 Å². The second-order valence-electron chi connectivity index (χ2n) is 9.55. The number of sulfonamides is 1. The summed E-state index contributed by atoms with van der Waals surface area (Å²) in [5.74, 6) is -0.650. The van der Waals surface area contributed by atoms with Crippen LogP contribution in [0.15, 0.2) is 89.8 Å². The Morgan fingerprint density at radius 2 is 1.49 bits per heavy atom. The van der Waals surface area contributed by atoms with E-state index in [0.717, 1.165) is 28.3 Å². The van der Waals surface area contributed by atoms with E-state index in [9.17, 15) is 18.0 Å². The first-order chi connectivity index (χ1) is 18.8. The summed E-state index contributed by atoms with van der Waals surface area (Å²) in [6.45, 7) is 6.20. The van der Waals surface area contributed by atoms with Crippen LogP contribution >= 0.6 is 0 Å². The van der Waals surface area contributed by atoms with E-state index < -0.39 is 28.5 Å². The molecule has 0 fully saturated rings. The lowest BCUT2D eigenvalue weighted by atomic mass is 10.1. The Kier molecular flexibility index (Phi) is 11.1. The van der Waals surface area contributed by atoms with E-state index >= 15 is 0 Å². The van der Waals surface area contributed by atoms with E-state index in [1.165, 1.54) is 4.90 Å². The zero-order valence-electron chi connectivity index (χ0n) is 23.0. The molecular formula is C31H39N3O4S. The Morgan fingerprint density at radius 3 is 2.08 bits per heavy atom. The average molecular weight is 550 g/mol. The lowest BCUT2D eigenvalue weighted by Gasteiger charge is -2.33. The number of carbonyl (C=O) groups is 2. The van der Waals surface area contributed by atoms with Gasteiger partial charge in [0.2, 0.25) is 11.8 Å². The molecule has 3 aromatic rings. The Labute approximate surface area is 232 Å². The van der Waals surface area contributed by atoms with E-state index in [4.69, 9.17) is 0 Å². The Bertz CT molecular complexity index is 1300. The molecule has 0 aromatic heterocycles. The number of unbranched alkanes of at least 4 members (excludes halogenated alkanes) is 1. The normalized spacial score (nSPS) is 12.0. The van der Waals surface area contributed by atoms with E-state index in [1.807, 2.05) is 51.1 Å². The lowest BCUT2D eigenvalue weighted by molar-refractivity contribution is -0.139. The molecule has 2 amide bonds. The van der Waals surface area contributed by atoms with Gasteiger partial charge < -0.3 is 10.2 Å². The monoisotopic (exact) mass is 549 g/mol. The minimum atomic E-state index is -4.05. The number of anilines is 1. The van der Waals surface area contributed by atoms with Crippen molar-refractivity contribution in [3.05, 3.63) is 96.1 Å². The molecule has 0 saturated heterocycles. The second-order valence-corrected chi connectivity index (χ2v) is 11.4. The van der Waals surface area contributed by atoms with Gasteiger partial charge >= 0.3 is 0 Å². The lowest BCUT2D eigenvalue weighted by Crippen LogP contribution is -2.53. The van der Waals surface area contributed by atoms with Gasteiger partial charge in [0.25, 0.3) is 10.0 Å². The smallest absolute Gasteiger partial charge is 0.264 e. The van der Waals surface area contributed by atoms with Crippen molar-refractivity contribution in [1.82, 2.24) is 10.2 Å². The van der Waals surface area contributed by atoms with Crippen LogP contribution in [0.3, 0.4) is 0 Å². The third-order valence-electron chi connectivity index (χ3n) is 6.63. The summed E-state index contributed by atoms with van der Waals surface area (Å²) in [6, 6.07) is 24.2. The summed E-state index contributed by atoms with van der Waals surface area (Å²) in [4.78, 5) is 28.8. The van der Waals surface area contributed by atoms with Crippen molar-refractivity contribution in [3.63, 3.8) is 0 Å². The summed E-state index contributed by atoms with van der Waals surface area (Å²) in [5.41, 5.74) is 2.35. The second kappa shape index (κ2) is 14.5. The maximum atomic E-state index is 14.0. The number of para-hydroxylation sites is 1. The average Bonchev–Trinajstić information content (AvgIpc) is 2.95. The summed E-state index contributed by atoms with van der Waals surface area (Å²) >= 11 is 0. The number of nitrogens with one attached hydrogen (secondary N) is 1. The number of rotatable bonds is 14. The van der Waals surface area contributed by atoms with Crippen LogP contribution in [0.25, 0.3) is 0 Å². The Hall–Kier alpha value is -3.65. The molecule has 3 rings (SSSR count). The summed E-state index contributed by atoms with van der Waals surface area (Å²) in [5, 5.41) is 2.95. The van der Waals surface area contributed by atoms with Gasteiger partial charge in [0.05, 0.1) is 10.6 Å². The van der Waals surface area contributed by atoms with E-state index in [2.05, 4.69) is 5.32 Å². The molecule has 208 valence electrons. The van der Waals surface area contributed by atoms with Crippen molar-refractivity contribution < 1.29 is 18.0 Å². The first-order valence-corrected chi connectivity index (χ1v) is 15.0. The molecule has 0 aliphatic rings. The SMILES string of the molecule is CCCCNC(=O)[C@@H](CC)N(CCc1ccccc1)C(=O)CN(c1ccccc1)S(=O)(=O)c1ccc(C)cc1. The predicted octanol–water partition coefficient (Wildman–Crippen LogP) is 4.96. The third-order valence-corrected chi connectivity index (χ3v) is 8.42. The highest BCUT2D eigenvalue weighted by atomic mass is 32.2. The number of carbonyl (C=O) groups excluding carboxylic acids is 2. The minimum absolute atomic E-state index is 0.102. The standard InChI is InChI=1S/C31H39N3O4S/c1-4-6-22-32-31(36)29(5-2)33(23-21-26-13-9-7-10-14-26)30(35)24-34(27-15-11-8-12-16-27)39(37,38)28-19-17-25(3)18-20-28/h7-20,29H,4-6,21-24H2,1-3H3,(H,32,36)/t29-/m1/s1. The number of benzene rings is 3. The van der Waals surface area contributed by atoms with Crippen LogP contribution in [-0.2, 0) is 26.0 Å². The third kappa shape index (κ3) is 8.17. The molecule has 0 heterocycles. The van der Waals surface area contributed by atoms with Gasteiger partial charge in [0.1, 0.15) is 12.6 Å². The van der Waals surface area contributed by atoms with Crippen molar-refractivity contribution in [2.75, 3.05) is 23.9 Å². The highest BCUT2D eigenvalue weighted by Crippen LogP contribution is 2.24. The molecule has 0 unspecified atom stereocenters. The summed E-state index contributed by atoms with van der Waals surface area (Å²) < 4.78 is 28.7. The van der Waals surface area contributed by atoms with Crippen LogP contribution in [0, 0.1) is 6.92 Å². The molecular weight excluding hydrogens is 510 g/mol. The van der Waals surface area contributed by atoms with Crippen molar-refractivity contribution in [3.8, 4) is 0 Å². The zero-order chi connectivity index (χ0) is 28.3. The first-order valence-electron chi connectivity index (χ1n) is 13.5. The van der Waals surface area contributed by atoms with Crippen LogP contribution in [0.1, 0.15) is 44.2 Å².